The third kappa shape index (κ3) is 1.68. The Morgan fingerprint density at radius 2 is 2.27 bits per heavy atom. The van der Waals surface area contributed by atoms with Gasteiger partial charge in [-0.05, 0) is 6.08 Å². The highest BCUT2D eigenvalue weighted by Gasteiger charge is 2.15. The third-order valence-electron chi connectivity index (χ3n) is 1.30. The molecule has 1 aliphatic rings. The molecule has 0 aliphatic heterocycles. The molecule has 0 aromatic heterocycles. The van der Waals surface area contributed by atoms with Gasteiger partial charge in [-0.3, -0.25) is 4.79 Å². The summed E-state index contributed by atoms with van der Waals surface area (Å²) >= 11 is 5.41. The molecule has 0 radical (unpaired) electrons. The first-order chi connectivity index (χ1) is 5.11. The molecule has 3 nitrogen and oxygen atoms in total. The van der Waals surface area contributed by atoms with Crippen LogP contribution in [0.1, 0.15) is 6.42 Å². The van der Waals surface area contributed by atoms with E-state index >= 15 is 0 Å². The first-order valence-corrected chi connectivity index (χ1v) is 3.33. The molecular weight excluding hydrogens is 168 g/mol. The molecule has 0 amide bonds. The van der Waals surface area contributed by atoms with Crippen molar-refractivity contribution in [3.05, 3.63) is 22.8 Å². The van der Waals surface area contributed by atoms with Crippen molar-refractivity contribution in [2.45, 2.75) is 6.42 Å². The highest BCUT2D eigenvalue weighted by Crippen LogP contribution is 2.16. The maximum atomic E-state index is 10.7. The summed E-state index contributed by atoms with van der Waals surface area (Å²) in [5, 5.41) is 8.45. The molecule has 0 aromatic rings. The molecule has 0 heterocycles. The van der Waals surface area contributed by atoms with E-state index in [2.05, 4.69) is 0 Å². The predicted molar refractivity (Wildman–Crippen MR) is 39.3 cm³/mol. The summed E-state index contributed by atoms with van der Waals surface area (Å²) in [7, 11) is 0. The molecule has 0 saturated carbocycles. The van der Waals surface area contributed by atoms with Crippen LogP contribution in [-0.2, 0) is 9.59 Å². The van der Waals surface area contributed by atoms with Crippen LogP contribution in [0.25, 0.3) is 0 Å². The smallest absolute Gasteiger partial charge is 0.335 e. The first-order valence-electron chi connectivity index (χ1n) is 2.95. The highest BCUT2D eigenvalue weighted by molar-refractivity contribution is 6.43. The fourth-order valence-corrected chi connectivity index (χ4v) is 0.920. The number of Topliss-reactive ketones (excluding diaryl/α,β-unsaturated/α-hetero) is 1. The third-order valence-corrected chi connectivity index (χ3v) is 1.62. The fourth-order valence-electron chi connectivity index (χ4n) is 0.725. The van der Waals surface area contributed by atoms with Crippen LogP contribution in [0, 0.1) is 0 Å². The molecule has 1 N–H and O–H groups in total. The van der Waals surface area contributed by atoms with Crippen molar-refractivity contribution >= 4 is 23.4 Å². The second-order valence-electron chi connectivity index (χ2n) is 2.08. The molecule has 0 spiro atoms. The predicted octanol–water partition coefficient (Wildman–Crippen LogP) is 1.09. The lowest BCUT2D eigenvalue weighted by molar-refractivity contribution is -0.132. The van der Waals surface area contributed by atoms with Crippen LogP contribution >= 0.6 is 11.6 Å². The zero-order valence-electron chi connectivity index (χ0n) is 5.50. The maximum Gasteiger partial charge on any atom is 0.335 e. The highest BCUT2D eigenvalue weighted by atomic mass is 35.5. The molecule has 58 valence electrons. The molecular formula is C7H5ClO3. The van der Waals surface area contributed by atoms with Gasteiger partial charge >= 0.3 is 5.97 Å². The van der Waals surface area contributed by atoms with Gasteiger partial charge in [-0.25, -0.2) is 4.79 Å². The molecule has 4 heteroatoms. The average molecular weight is 173 g/mol. The van der Waals surface area contributed by atoms with Crippen LogP contribution in [0.3, 0.4) is 0 Å². The number of aliphatic carboxylic acids is 1. The van der Waals surface area contributed by atoms with Crippen molar-refractivity contribution in [2.24, 2.45) is 0 Å². The van der Waals surface area contributed by atoms with Crippen molar-refractivity contribution in [3.63, 3.8) is 0 Å². The van der Waals surface area contributed by atoms with Crippen molar-refractivity contribution in [1.29, 1.82) is 0 Å². The van der Waals surface area contributed by atoms with Crippen LogP contribution in [0.15, 0.2) is 22.8 Å². The molecule has 0 atom stereocenters. The SMILES string of the molecule is O=C(O)C1=CCC(=O)C(Cl)=C1. The fraction of sp³-hybridized carbons (Fsp3) is 0.143. The summed E-state index contributed by atoms with van der Waals surface area (Å²) in [5.74, 6) is -1.30. The molecule has 1 aliphatic carbocycles. The topological polar surface area (TPSA) is 54.4 Å². The lowest BCUT2D eigenvalue weighted by atomic mass is 10.1. The van der Waals surface area contributed by atoms with Gasteiger partial charge in [0.2, 0.25) is 0 Å². The maximum absolute atomic E-state index is 10.7. The van der Waals surface area contributed by atoms with E-state index in [0.29, 0.717) is 0 Å². The minimum absolute atomic E-state index is 0.00935. The van der Waals surface area contributed by atoms with E-state index in [1.165, 1.54) is 6.08 Å². The quantitative estimate of drug-likeness (QED) is 0.644. The zero-order chi connectivity index (χ0) is 8.43. The Hall–Kier alpha value is -1.09. The lowest BCUT2D eigenvalue weighted by Gasteiger charge is -2.03. The van der Waals surface area contributed by atoms with E-state index in [-0.39, 0.29) is 22.8 Å². The summed E-state index contributed by atoms with van der Waals surface area (Å²) in [6.07, 6.45) is 2.59. The average Bonchev–Trinajstić information content (AvgIpc) is 1.94. The normalized spacial score (nSPS) is 17.4. The van der Waals surface area contributed by atoms with Gasteiger partial charge in [-0.15, -0.1) is 0 Å². The van der Waals surface area contributed by atoms with Gasteiger partial charge in [0.1, 0.15) is 0 Å². The van der Waals surface area contributed by atoms with E-state index < -0.39 is 5.97 Å². The summed E-state index contributed by atoms with van der Waals surface area (Å²) in [6.45, 7) is 0. The second kappa shape index (κ2) is 2.88. The number of halogens is 1. The lowest BCUT2D eigenvalue weighted by Crippen LogP contribution is -2.07. The Morgan fingerprint density at radius 1 is 1.64 bits per heavy atom. The number of hydrogen-bond acceptors (Lipinski definition) is 2. The van der Waals surface area contributed by atoms with Crippen LogP contribution in [-0.4, -0.2) is 16.9 Å². The van der Waals surface area contributed by atoms with E-state index in [1.54, 1.807) is 0 Å². The van der Waals surface area contributed by atoms with Gasteiger partial charge < -0.3 is 5.11 Å². The standard InChI is InChI=1S/C7H5ClO3/c8-5-3-4(7(10)11)1-2-6(5)9/h1,3H,2H2,(H,10,11). The van der Waals surface area contributed by atoms with Gasteiger partial charge in [-0.2, -0.15) is 0 Å². The van der Waals surface area contributed by atoms with Gasteiger partial charge in [0.05, 0.1) is 10.6 Å². The molecule has 0 fully saturated rings. The minimum atomic E-state index is -1.06. The Kier molecular flexibility index (Phi) is 2.10. The molecule has 1 rings (SSSR count). The molecule has 0 aromatic carbocycles. The summed E-state index contributed by atoms with van der Waals surface area (Å²) in [4.78, 5) is 21.0. The number of hydrogen-bond donors (Lipinski definition) is 1. The molecule has 0 saturated heterocycles. The van der Waals surface area contributed by atoms with Gasteiger partial charge in [0, 0.05) is 6.42 Å². The summed E-state index contributed by atoms with van der Waals surface area (Å²) < 4.78 is 0. The Bertz CT molecular complexity index is 275. The van der Waals surface area contributed by atoms with Crippen molar-refractivity contribution in [1.82, 2.24) is 0 Å². The van der Waals surface area contributed by atoms with Crippen molar-refractivity contribution < 1.29 is 14.7 Å². The first kappa shape index (κ1) is 8.01. The number of carboxylic acids is 1. The van der Waals surface area contributed by atoms with Gasteiger partial charge in [0.15, 0.2) is 5.78 Å². The zero-order valence-corrected chi connectivity index (χ0v) is 6.26. The number of rotatable bonds is 1. The number of carbonyl (C=O) groups excluding carboxylic acids is 1. The van der Waals surface area contributed by atoms with E-state index in [4.69, 9.17) is 16.7 Å². The summed E-state index contributed by atoms with van der Waals surface area (Å²) in [6, 6.07) is 0. The largest absolute Gasteiger partial charge is 0.478 e. The van der Waals surface area contributed by atoms with Crippen molar-refractivity contribution in [3.8, 4) is 0 Å². The molecule has 0 bridgehead atoms. The van der Waals surface area contributed by atoms with Gasteiger partial charge in [-0.1, -0.05) is 17.7 Å². The van der Waals surface area contributed by atoms with Crippen LogP contribution in [0.4, 0.5) is 0 Å². The molecule has 11 heavy (non-hydrogen) atoms. The Labute approximate surface area is 68.0 Å². The Morgan fingerprint density at radius 3 is 2.73 bits per heavy atom. The van der Waals surface area contributed by atoms with Gasteiger partial charge in [0.25, 0.3) is 0 Å². The van der Waals surface area contributed by atoms with E-state index in [9.17, 15) is 9.59 Å². The number of carbonyl (C=O) groups is 2. The van der Waals surface area contributed by atoms with E-state index in [1.807, 2.05) is 0 Å². The van der Waals surface area contributed by atoms with Crippen LogP contribution in [0.2, 0.25) is 0 Å². The number of carboxylic acid groups (broad SMARTS) is 1. The molecule has 0 unspecified atom stereocenters. The summed E-state index contributed by atoms with van der Waals surface area (Å²) in [5.41, 5.74) is 0.0783. The number of allylic oxidation sites excluding steroid dienone is 2. The van der Waals surface area contributed by atoms with Crippen LogP contribution in [0.5, 0.6) is 0 Å². The van der Waals surface area contributed by atoms with Crippen LogP contribution < -0.4 is 0 Å². The monoisotopic (exact) mass is 172 g/mol. The number of ketones is 1. The van der Waals surface area contributed by atoms with E-state index in [0.717, 1.165) is 6.08 Å². The Balaban J connectivity index is 2.91. The minimum Gasteiger partial charge on any atom is -0.478 e. The second-order valence-corrected chi connectivity index (χ2v) is 2.49. The van der Waals surface area contributed by atoms with Crippen molar-refractivity contribution in [2.75, 3.05) is 0 Å².